The molecule has 0 rings (SSSR count). The summed E-state index contributed by atoms with van der Waals surface area (Å²) in [6.07, 6.45) is 0. The van der Waals surface area contributed by atoms with Crippen LogP contribution in [0.25, 0.3) is 0 Å². The zero-order valence-electron chi connectivity index (χ0n) is 1.93. The van der Waals surface area contributed by atoms with Gasteiger partial charge in [-0.1, -0.05) is 11.7 Å². The number of hydrazine groups is 1. The molecule has 0 fully saturated rings. The molecule has 0 heterocycles. The SMILES string of the molecule is NNSS. The Balaban J connectivity index is 1.97. The van der Waals surface area contributed by atoms with Gasteiger partial charge in [0.05, 0.1) is 0 Å². The van der Waals surface area contributed by atoms with E-state index in [1.54, 1.807) is 0 Å². The van der Waals surface area contributed by atoms with Crippen LogP contribution in [0, 0.1) is 0 Å². The maximum Gasteiger partial charge on any atom is 0.0000526 e. The van der Waals surface area contributed by atoms with E-state index in [0.29, 0.717) is 0 Å². The van der Waals surface area contributed by atoms with Crippen LogP contribution in [0.1, 0.15) is 0 Å². The van der Waals surface area contributed by atoms with Crippen molar-refractivity contribution < 1.29 is 0 Å². The predicted molar refractivity (Wildman–Crippen MR) is 23.9 cm³/mol. The molecule has 0 aliphatic carbocycles. The second kappa shape index (κ2) is 3.62. The average Bonchev–Trinajstić information content (AvgIpc) is 1.37. The van der Waals surface area contributed by atoms with Gasteiger partial charge in [-0.3, -0.25) is 5.84 Å². The minimum Gasteiger partial charge on any atom is -0.261 e. The third kappa shape index (κ3) is 2.62. The van der Waals surface area contributed by atoms with Crippen LogP contribution >= 0.6 is 22.6 Å². The molecule has 0 aliphatic heterocycles. The third-order valence-electron chi connectivity index (χ3n) is 0.0527. The highest BCUT2D eigenvalue weighted by Crippen LogP contribution is 1.89. The molecule has 0 saturated heterocycles. The summed E-state index contributed by atoms with van der Waals surface area (Å²) in [5.74, 6) is 4.66. The number of hydrogen-bond donors (Lipinski definition) is 3. The zero-order valence-corrected chi connectivity index (χ0v) is 3.64. The van der Waals surface area contributed by atoms with Gasteiger partial charge in [0.1, 0.15) is 0 Å². The van der Waals surface area contributed by atoms with Gasteiger partial charge in [0.2, 0.25) is 0 Å². The Morgan fingerprint density at radius 1 is 2.00 bits per heavy atom. The van der Waals surface area contributed by atoms with E-state index in [9.17, 15) is 0 Å². The molecule has 4 heteroatoms. The van der Waals surface area contributed by atoms with Crippen LogP contribution in [0.5, 0.6) is 0 Å². The maximum absolute atomic E-state index is 4.66. The Kier molecular flexibility index (Phi) is 4.18. The van der Waals surface area contributed by atoms with E-state index in [2.05, 4.69) is 22.3 Å². The van der Waals surface area contributed by atoms with Gasteiger partial charge in [0, 0.05) is 11.0 Å². The first-order chi connectivity index (χ1) is 1.91. The van der Waals surface area contributed by atoms with Crippen LogP contribution in [0.2, 0.25) is 0 Å². The van der Waals surface area contributed by atoms with Crippen molar-refractivity contribution in [2.45, 2.75) is 0 Å². The summed E-state index contributed by atoms with van der Waals surface area (Å²) in [6, 6.07) is 0. The number of hydrogen-bond acceptors (Lipinski definition) is 4. The lowest BCUT2D eigenvalue weighted by Crippen LogP contribution is -2.08. The summed E-state index contributed by atoms with van der Waals surface area (Å²) in [4.78, 5) is 2.21. The predicted octanol–water partition coefficient (Wildman–Crippen LogP) is -0.0573. The Labute approximate surface area is 34.0 Å². The fourth-order valence-electron chi connectivity index (χ4n) is 0. The Morgan fingerprint density at radius 2 is 2.25 bits per heavy atom. The van der Waals surface area contributed by atoms with Crippen molar-refractivity contribution in [1.82, 2.24) is 4.83 Å². The standard InChI is InChI=1S/H4N2S2/c1-2-4-3/h2-3H,1H2. The fraction of sp³-hybridized carbons (Fsp3) is 0. The van der Waals surface area contributed by atoms with Crippen LogP contribution < -0.4 is 10.7 Å². The van der Waals surface area contributed by atoms with Crippen molar-refractivity contribution in [3.63, 3.8) is 0 Å². The highest BCUT2D eigenvalue weighted by molar-refractivity contribution is 8.67. The number of thiol groups is 1. The van der Waals surface area contributed by atoms with Crippen LogP contribution in [-0.4, -0.2) is 0 Å². The van der Waals surface area contributed by atoms with Crippen LogP contribution in [0.4, 0.5) is 0 Å². The summed E-state index contributed by atoms with van der Waals surface area (Å²) in [5.41, 5.74) is 0. The van der Waals surface area contributed by atoms with E-state index < -0.39 is 0 Å². The molecule has 0 aromatic carbocycles. The molecular formula is H4N2S2. The lowest BCUT2D eigenvalue weighted by atomic mass is 13.0. The number of nitrogens with two attached hydrogens (primary N) is 1. The zero-order chi connectivity index (χ0) is 3.41. The monoisotopic (exact) mass is 96.0 g/mol. The molecule has 0 aliphatic rings. The van der Waals surface area contributed by atoms with Gasteiger partial charge in [0.15, 0.2) is 0 Å². The first-order valence-corrected chi connectivity index (χ1v) is 2.54. The van der Waals surface area contributed by atoms with E-state index in [0.717, 1.165) is 11.0 Å². The highest BCUT2D eigenvalue weighted by atomic mass is 33.1. The van der Waals surface area contributed by atoms with Gasteiger partial charge >= 0.3 is 0 Å². The molecule has 4 heavy (non-hydrogen) atoms. The van der Waals surface area contributed by atoms with Gasteiger partial charge in [0.25, 0.3) is 0 Å². The fourth-order valence-corrected chi connectivity index (χ4v) is 0. The Hall–Kier alpha value is 0.620. The highest BCUT2D eigenvalue weighted by Gasteiger charge is 1.51. The van der Waals surface area contributed by atoms with Gasteiger partial charge in [-0.25, -0.2) is 0 Å². The molecule has 0 radical (unpaired) electrons. The second-order valence-electron chi connectivity index (χ2n) is 0.209. The van der Waals surface area contributed by atoms with Crippen molar-refractivity contribution in [1.29, 1.82) is 0 Å². The number of nitrogens with one attached hydrogen (secondary N) is 1. The molecule has 2 nitrogen and oxygen atoms in total. The van der Waals surface area contributed by atoms with Crippen molar-refractivity contribution in [2.75, 3.05) is 0 Å². The Bertz CT molecular complexity index is 6.00. The normalized spacial score (nSPS) is 7.50. The van der Waals surface area contributed by atoms with E-state index in [-0.39, 0.29) is 0 Å². The minimum atomic E-state index is 1.08. The van der Waals surface area contributed by atoms with Gasteiger partial charge in [-0.15, -0.1) is 0 Å². The third-order valence-corrected chi connectivity index (χ3v) is 0.474. The van der Waals surface area contributed by atoms with Crippen LogP contribution in [0.3, 0.4) is 0 Å². The average molecular weight is 96.2 g/mol. The molecule has 0 saturated carbocycles. The molecule has 0 unspecified atom stereocenters. The maximum atomic E-state index is 4.66. The lowest BCUT2D eigenvalue weighted by molar-refractivity contribution is 1.13. The molecule has 0 atom stereocenters. The lowest BCUT2D eigenvalue weighted by Gasteiger charge is -1.74. The quantitative estimate of drug-likeness (QED) is 0.141. The summed E-state index contributed by atoms with van der Waals surface area (Å²) in [5, 5.41) is 0. The first-order valence-electron chi connectivity index (χ1n) is 0.675. The smallest absolute Gasteiger partial charge is 0.0000526 e. The van der Waals surface area contributed by atoms with Gasteiger partial charge in [-0.2, -0.15) is 4.83 Å². The van der Waals surface area contributed by atoms with Crippen LogP contribution in [-0.2, 0) is 0 Å². The summed E-state index contributed by atoms with van der Waals surface area (Å²) in [7, 11) is 1.08. The topological polar surface area (TPSA) is 38.0 Å². The van der Waals surface area contributed by atoms with Gasteiger partial charge < -0.3 is 0 Å². The van der Waals surface area contributed by atoms with Crippen molar-refractivity contribution in [2.24, 2.45) is 5.84 Å². The molecule has 0 spiro atoms. The molecular weight excluding hydrogens is 92.1 g/mol. The summed E-state index contributed by atoms with van der Waals surface area (Å²) < 4.78 is 0. The Morgan fingerprint density at radius 3 is 2.25 bits per heavy atom. The van der Waals surface area contributed by atoms with E-state index in [1.807, 2.05) is 0 Å². The minimum absolute atomic E-state index is 1.08. The van der Waals surface area contributed by atoms with E-state index in [4.69, 9.17) is 0 Å². The summed E-state index contributed by atoms with van der Waals surface area (Å²) >= 11 is 3.60. The van der Waals surface area contributed by atoms with Gasteiger partial charge in [-0.05, 0) is 0 Å². The number of rotatable bonds is 1. The van der Waals surface area contributed by atoms with Crippen molar-refractivity contribution >= 4 is 22.6 Å². The largest absolute Gasteiger partial charge is 0.261 e. The first kappa shape index (κ1) is 4.62. The van der Waals surface area contributed by atoms with Crippen molar-refractivity contribution in [3.8, 4) is 0 Å². The van der Waals surface area contributed by atoms with Crippen molar-refractivity contribution in [3.05, 3.63) is 0 Å². The van der Waals surface area contributed by atoms with Crippen LogP contribution in [0.15, 0.2) is 0 Å². The second-order valence-corrected chi connectivity index (χ2v) is 1.18. The summed E-state index contributed by atoms with van der Waals surface area (Å²) in [6.45, 7) is 0. The molecule has 26 valence electrons. The molecule has 0 bridgehead atoms. The van der Waals surface area contributed by atoms with E-state index >= 15 is 0 Å². The molecule has 0 aromatic heterocycles. The van der Waals surface area contributed by atoms with E-state index in [1.165, 1.54) is 0 Å². The molecule has 3 N–H and O–H groups in total. The molecule has 0 amide bonds. The molecule has 0 aromatic rings.